The van der Waals surface area contributed by atoms with E-state index in [4.69, 9.17) is 5.26 Å². The number of hydrogen-bond donors (Lipinski definition) is 1. The van der Waals surface area contributed by atoms with Crippen LogP contribution in [-0.4, -0.2) is 53.1 Å². The molecule has 34 heavy (non-hydrogen) atoms. The van der Waals surface area contributed by atoms with Crippen molar-refractivity contribution in [3.63, 3.8) is 0 Å². The predicted octanol–water partition coefficient (Wildman–Crippen LogP) is 2.14. The van der Waals surface area contributed by atoms with Crippen molar-refractivity contribution in [3.05, 3.63) is 59.8 Å². The molecule has 2 atom stereocenters. The van der Waals surface area contributed by atoms with Crippen LogP contribution in [0.1, 0.15) is 17.5 Å². The number of carbonyl (C=O) groups excluding carboxylic acids is 1. The number of thiophene rings is 1. The Hall–Kier alpha value is -2.82. The summed E-state index contributed by atoms with van der Waals surface area (Å²) in [5.41, 5.74) is 1.89. The van der Waals surface area contributed by atoms with Crippen molar-refractivity contribution in [2.24, 2.45) is 5.92 Å². The molecule has 0 radical (unpaired) electrons. The molecule has 1 aliphatic rings. The molecule has 0 bridgehead atoms. The molecule has 0 spiro atoms. The Bertz CT molecular complexity index is 1350. The third kappa shape index (κ3) is 5.45. The van der Waals surface area contributed by atoms with E-state index in [2.05, 4.69) is 20.8 Å². The smallest absolute Gasteiger partial charge is 0.342 e. The van der Waals surface area contributed by atoms with Crippen molar-refractivity contribution in [1.29, 1.82) is 5.26 Å². The van der Waals surface area contributed by atoms with Gasteiger partial charge in [-0.2, -0.15) is 15.2 Å². The average molecular weight is 516 g/mol. The maximum absolute atomic E-state index is 12.8. The lowest BCUT2D eigenvalue weighted by Gasteiger charge is -2.17. The highest BCUT2D eigenvalue weighted by Crippen LogP contribution is 2.30. The molecule has 3 heterocycles. The fourth-order valence-electron chi connectivity index (χ4n) is 3.61. The molecule has 176 valence electrons. The number of nitrogens with zero attached hydrogens (tertiary/aromatic N) is 4. The van der Waals surface area contributed by atoms with Crippen molar-refractivity contribution in [1.82, 2.24) is 19.6 Å². The Balaban J connectivity index is 1.38. The van der Waals surface area contributed by atoms with E-state index in [1.807, 2.05) is 6.07 Å². The van der Waals surface area contributed by atoms with Crippen LogP contribution in [0.15, 0.2) is 58.0 Å². The quantitative estimate of drug-likeness (QED) is 0.358. The Labute approximate surface area is 204 Å². The van der Waals surface area contributed by atoms with Crippen molar-refractivity contribution >= 4 is 38.4 Å². The van der Waals surface area contributed by atoms with Crippen LogP contribution in [0.2, 0.25) is 0 Å². The number of likely N-dealkylation sites (tertiary alicyclic amines) is 1. The van der Waals surface area contributed by atoms with Gasteiger partial charge in [-0.3, -0.25) is 4.79 Å². The summed E-state index contributed by atoms with van der Waals surface area (Å²) in [4.78, 5) is 23.3. The highest BCUT2D eigenvalue weighted by atomic mass is 32.2. The highest BCUT2D eigenvalue weighted by molar-refractivity contribution is 7.91. The molecule has 3 aromatic rings. The Morgan fingerprint density at radius 3 is 2.91 bits per heavy atom. The van der Waals surface area contributed by atoms with E-state index in [-0.39, 0.29) is 21.8 Å². The molecule has 4 rings (SSSR count). The number of nitrogens with one attached hydrogen (secondary N) is 1. The Kier molecular flexibility index (Phi) is 7.30. The van der Waals surface area contributed by atoms with Gasteiger partial charge in [-0.1, -0.05) is 12.1 Å². The van der Waals surface area contributed by atoms with Crippen LogP contribution in [0.5, 0.6) is 0 Å². The number of hydrogen-bond acceptors (Lipinski definition) is 8. The van der Waals surface area contributed by atoms with Crippen LogP contribution in [0, 0.1) is 17.2 Å². The van der Waals surface area contributed by atoms with Gasteiger partial charge >= 0.3 is 5.16 Å². The Morgan fingerprint density at radius 2 is 2.15 bits per heavy atom. The molecule has 0 aliphatic carbocycles. The molecule has 9 nitrogen and oxygen atoms in total. The zero-order chi connectivity index (χ0) is 24.3. The predicted molar refractivity (Wildman–Crippen MR) is 128 cm³/mol. The molecular formula is C22H21N5O4S3. The largest absolute Gasteiger partial charge is 0.609 e. The van der Waals surface area contributed by atoms with Crippen LogP contribution in [0.3, 0.4) is 0 Å². The van der Waals surface area contributed by atoms with Gasteiger partial charge in [0.2, 0.25) is 15.9 Å². The first-order chi connectivity index (χ1) is 16.3. The summed E-state index contributed by atoms with van der Waals surface area (Å²) in [6.07, 6.45) is 3.51. The van der Waals surface area contributed by atoms with E-state index >= 15 is 0 Å². The zero-order valence-corrected chi connectivity index (χ0v) is 20.6. The lowest BCUT2D eigenvalue weighted by molar-refractivity contribution is -0.131. The monoisotopic (exact) mass is 515 g/mol. The van der Waals surface area contributed by atoms with E-state index in [1.165, 1.54) is 18.5 Å². The molecule has 1 fully saturated rings. The third-order valence-electron chi connectivity index (χ3n) is 5.35. The van der Waals surface area contributed by atoms with E-state index in [9.17, 15) is 17.8 Å². The van der Waals surface area contributed by atoms with Gasteiger partial charge in [0.15, 0.2) is 0 Å². The summed E-state index contributed by atoms with van der Waals surface area (Å²) in [6, 6.07) is 13.9. The maximum atomic E-state index is 12.8. The van der Waals surface area contributed by atoms with Gasteiger partial charge in [-0.25, -0.2) is 13.1 Å². The van der Waals surface area contributed by atoms with E-state index < -0.39 is 27.1 Å². The van der Waals surface area contributed by atoms with Crippen molar-refractivity contribution < 1.29 is 17.8 Å². The van der Waals surface area contributed by atoms with Gasteiger partial charge < -0.3 is 9.45 Å². The number of rotatable bonds is 8. The van der Waals surface area contributed by atoms with Gasteiger partial charge in [0.1, 0.15) is 10.5 Å². The number of nitriles is 1. The molecule has 1 unspecified atom stereocenters. The topological polar surface area (TPSA) is 139 Å². The minimum atomic E-state index is -3.81. The zero-order valence-electron chi connectivity index (χ0n) is 18.2. The van der Waals surface area contributed by atoms with Crippen LogP contribution >= 0.6 is 11.3 Å². The van der Waals surface area contributed by atoms with E-state index in [0.717, 1.165) is 16.9 Å². The molecule has 0 saturated carbocycles. The molecule has 1 N–H and O–H groups in total. The summed E-state index contributed by atoms with van der Waals surface area (Å²) in [5, 5.41) is 9.22. The Morgan fingerprint density at radius 1 is 1.32 bits per heavy atom. The molecule has 1 amide bonds. The average Bonchev–Trinajstić information content (AvgIpc) is 3.46. The van der Waals surface area contributed by atoms with E-state index in [1.54, 1.807) is 35.2 Å². The number of aromatic nitrogens is 2. The summed E-state index contributed by atoms with van der Waals surface area (Å²) in [5.74, 6) is -0.560. The number of sulfonamides is 1. The normalized spacial score (nSPS) is 17.0. The first-order valence-corrected chi connectivity index (χ1v) is 14.2. The van der Waals surface area contributed by atoms with Gasteiger partial charge in [0, 0.05) is 37.0 Å². The summed E-state index contributed by atoms with van der Waals surface area (Å²) >= 11 is -0.307. The second-order valence-corrected chi connectivity index (χ2v) is 12.1. The molecule has 1 aliphatic heterocycles. The van der Waals surface area contributed by atoms with E-state index in [0.29, 0.717) is 35.6 Å². The number of carbonyl (C=O) groups is 1. The summed E-state index contributed by atoms with van der Waals surface area (Å²) < 4.78 is 39.9. The van der Waals surface area contributed by atoms with Crippen LogP contribution in [0.4, 0.5) is 0 Å². The summed E-state index contributed by atoms with van der Waals surface area (Å²) in [7, 11) is -3.81. The minimum Gasteiger partial charge on any atom is -0.609 e. The molecule has 2 aromatic heterocycles. The lowest BCUT2D eigenvalue weighted by Crippen LogP contribution is -2.34. The number of amides is 1. The van der Waals surface area contributed by atoms with Gasteiger partial charge in [-0.15, -0.1) is 11.3 Å². The van der Waals surface area contributed by atoms with Crippen LogP contribution in [-0.2, 0) is 32.5 Å². The van der Waals surface area contributed by atoms with Crippen LogP contribution < -0.4 is 4.72 Å². The van der Waals surface area contributed by atoms with Crippen LogP contribution in [0.25, 0.3) is 10.6 Å². The summed E-state index contributed by atoms with van der Waals surface area (Å²) in [6.45, 7) is 0.922. The first kappa shape index (κ1) is 24.3. The lowest BCUT2D eigenvalue weighted by atomic mass is 10.1. The number of benzene rings is 1. The molecule has 12 heteroatoms. The fourth-order valence-corrected chi connectivity index (χ4v) is 6.45. The second-order valence-electron chi connectivity index (χ2n) is 7.71. The standard InChI is InChI=1S/C22H21N5O4S3/c1-33(29)22-24-9-7-18(26-22)19-5-6-20(32-19)34(30,31)25-13-17-8-10-27(21(17)28)14-16-4-2-3-15(11-16)12-23/h2-7,9,11,17,25H,8,10,13-14H2,1H3/t17-,33?/m0/s1. The SMILES string of the molecule is C[S+]([O-])c1nccc(-c2ccc(S(=O)(=O)NC[C@@H]3CCN(Cc4cccc(C#N)c4)C3=O)s2)n1. The minimum absolute atomic E-state index is 0.00953. The highest BCUT2D eigenvalue weighted by Gasteiger charge is 2.32. The molecular weight excluding hydrogens is 494 g/mol. The second kappa shape index (κ2) is 10.2. The van der Waals surface area contributed by atoms with Crippen molar-refractivity contribution in [2.45, 2.75) is 22.3 Å². The van der Waals surface area contributed by atoms with Gasteiger partial charge in [0.05, 0.1) is 28.1 Å². The maximum Gasteiger partial charge on any atom is 0.342 e. The van der Waals surface area contributed by atoms with Crippen molar-refractivity contribution in [2.75, 3.05) is 19.3 Å². The molecule has 1 aromatic carbocycles. The third-order valence-corrected chi connectivity index (χ3v) is 9.08. The fraction of sp³-hybridized carbons (Fsp3) is 0.273. The van der Waals surface area contributed by atoms with Gasteiger partial charge in [-0.05, 0) is 42.3 Å². The first-order valence-electron chi connectivity index (χ1n) is 10.3. The van der Waals surface area contributed by atoms with Gasteiger partial charge in [0.25, 0.3) is 0 Å². The van der Waals surface area contributed by atoms with Crippen molar-refractivity contribution in [3.8, 4) is 16.6 Å². The molecule has 1 saturated heterocycles.